The van der Waals surface area contributed by atoms with Crippen LogP contribution in [0.1, 0.15) is 13.8 Å². The number of hydrogen-bond donors (Lipinski definition) is 0. The third-order valence-electron chi connectivity index (χ3n) is 2.24. The Hall–Kier alpha value is -0.680. The number of ether oxygens (including phenoxy) is 1. The number of nitrogens with zero attached hydrogens (tertiary/aromatic N) is 2. The molecule has 0 spiro atoms. The van der Waals surface area contributed by atoms with Crippen LogP contribution in [0.5, 0.6) is 0 Å². The minimum Gasteiger partial charge on any atom is -0.383 e. The molecule has 0 amide bonds. The number of pyridine rings is 1. The van der Waals surface area contributed by atoms with Crippen molar-refractivity contribution in [2.75, 3.05) is 31.7 Å². The van der Waals surface area contributed by atoms with E-state index in [0.29, 0.717) is 29.4 Å². The Kier molecular flexibility index (Phi) is 5.85. The van der Waals surface area contributed by atoms with Crippen molar-refractivity contribution >= 4 is 21.7 Å². The summed E-state index contributed by atoms with van der Waals surface area (Å²) in [5, 5.41) is 0. The highest BCUT2D eigenvalue weighted by Crippen LogP contribution is 2.20. The molecule has 0 aliphatic rings. The molecule has 1 heterocycles. The third kappa shape index (κ3) is 4.60. The first-order valence-corrected chi connectivity index (χ1v) is 6.38. The Morgan fingerprint density at radius 3 is 2.76 bits per heavy atom. The van der Waals surface area contributed by atoms with Crippen molar-refractivity contribution in [3.8, 4) is 0 Å². The Morgan fingerprint density at radius 2 is 2.24 bits per heavy atom. The summed E-state index contributed by atoms with van der Waals surface area (Å²) in [5.41, 5.74) is 0. The van der Waals surface area contributed by atoms with E-state index in [0.717, 1.165) is 6.54 Å². The van der Waals surface area contributed by atoms with Crippen LogP contribution in [-0.2, 0) is 4.74 Å². The van der Waals surface area contributed by atoms with Gasteiger partial charge in [0, 0.05) is 30.9 Å². The van der Waals surface area contributed by atoms with Crippen LogP contribution in [0.25, 0.3) is 0 Å². The monoisotopic (exact) mass is 304 g/mol. The Bertz CT molecular complexity index is 360. The Morgan fingerprint density at radius 1 is 1.53 bits per heavy atom. The summed E-state index contributed by atoms with van der Waals surface area (Å²) in [4.78, 5) is 6.05. The Balaban J connectivity index is 2.86. The van der Waals surface area contributed by atoms with E-state index in [1.165, 1.54) is 6.07 Å². The first kappa shape index (κ1) is 14.4. The van der Waals surface area contributed by atoms with Crippen LogP contribution in [0.3, 0.4) is 0 Å². The minimum absolute atomic E-state index is 0.309. The summed E-state index contributed by atoms with van der Waals surface area (Å²) >= 11 is 3.20. The number of anilines is 1. The lowest BCUT2D eigenvalue weighted by Gasteiger charge is -2.25. The maximum absolute atomic E-state index is 13.8. The minimum atomic E-state index is -0.309. The molecule has 96 valence electrons. The summed E-state index contributed by atoms with van der Waals surface area (Å²) in [7, 11) is 1.64. The van der Waals surface area contributed by atoms with Crippen LogP contribution in [0.15, 0.2) is 16.7 Å². The fraction of sp³-hybridized carbons (Fsp3) is 0.583. The van der Waals surface area contributed by atoms with E-state index in [-0.39, 0.29) is 5.82 Å². The van der Waals surface area contributed by atoms with Gasteiger partial charge in [-0.2, -0.15) is 0 Å². The molecular weight excluding hydrogens is 287 g/mol. The van der Waals surface area contributed by atoms with Crippen LogP contribution < -0.4 is 4.90 Å². The van der Waals surface area contributed by atoms with Crippen LogP contribution >= 0.6 is 15.9 Å². The molecule has 1 rings (SSSR count). The molecule has 0 aromatic carbocycles. The second-order valence-corrected chi connectivity index (χ2v) is 5.21. The van der Waals surface area contributed by atoms with E-state index in [4.69, 9.17) is 4.74 Å². The van der Waals surface area contributed by atoms with Gasteiger partial charge < -0.3 is 9.64 Å². The summed E-state index contributed by atoms with van der Waals surface area (Å²) in [6.07, 6.45) is 1.61. The lowest BCUT2D eigenvalue weighted by molar-refractivity contribution is 0.204. The smallest absolute Gasteiger partial charge is 0.166 e. The van der Waals surface area contributed by atoms with Crippen LogP contribution in [-0.4, -0.2) is 31.8 Å². The molecule has 0 aliphatic heterocycles. The summed E-state index contributed by atoms with van der Waals surface area (Å²) < 4.78 is 19.5. The zero-order chi connectivity index (χ0) is 12.8. The van der Waals surface area contributed by atoms with Gasteiger partial charge in [0.2, 0.25) is 0 Å². The van der Waals surface area contributed by atoms with Gasteiger partial charge in [-0.3, -0.25) is 0 Å². The number of hydrogen-bond acceptors (Lipinski definition) is 3. The Labute approximate surface area is 110 Å². The van der Waals surface area contributed by atoms with Gasteiger partial charge >= 0.3 is 0 Å². The fourth-order valence-corrected chi connectivity index (χ4v) is 1.87. The molecule has 1 aromatic heterocycles. The first-order valence-electron chi connectivity index (χ1n) is 5.59. The highest BCUT2D eigenvalue weighted by atomic mass is 79.9. The van der Waals surface area contributed by atoms with Gasteiger partial charge in [0.15, 0.2) is 11.6 Å². The van der Waals surface area contributed by atoms with Crippen molar-refractivity contribution in [2.45, 2.75) is 13.8 Å². The lowest BCUT2D eigenvalue weighted by atomic mass is 10.2. The molecule has 0 fully saturated rings. The van der Waals surface area contributed by atoms with Crippen LogP contribution in [0.2, 0.25) is 0 Å². The summed E-state index contributed by atoms with van der Waals surface area (Å²) in [6.45, 7) is 6.15. The molecule has 17 heavy (non-hydrogen) atoms. The largest absolute Gasteiger partial charge is 0.383 e. The van der Waals surface area contributed by atoms with Gasteiger partial charge in [-0.15, -0.1) is 0 Å². The maximum atomic E-state index is 13.8. The van der Waals surface area contributed by atoms with Crippen molar-refractivity contribution < 1.29 is 9.13 Å². The molecule has 0 aliphatic carbocycles. The standard InChI is InChI=1S/C12H18BrFN2O/c1-9(2)8-16(4-5-17-3)12-11(14)6-10(13)7-15-12/h6-7,9H,4-5,8H2,1-3H3. The van der Waals surface area contributed by atoms with Gasteiger partial charge in [-0.05, 0) is 27.9 Å². The second kappa shape index (κ2) is 6.91. The molecule has 5 heteroatoms. The van der Waals surface area contributed by atoms with Crippen LogP contribution in [0, 0.1) is 11.7 Å². The van der Waals surface area contributed by atoms with E-state index in [2.05, 4.69) is 34.8 Å². The van der Waals surface area contributed by atoms with E-state index in [9.17, 15) is 4.39 Å². The number of aromatic nitrogens is 1. The summed E-state index contributed by atoms with van der Waals surface area (Å²) in [6, 6.07) is 1.43. The van der Waals surface area contributed by atoms with Crippen molar-refractivity contribution in [3.63, 3.8) is 0 Å². The van der Waals surface area contributed by atoms with Gasteiger partial charge in [0.1, 0.15) is 0 Å². The average Bonchev–Trinajstić information content (AvgIpc) is 2.24. The third-order valence-corrected chi connectivity index (χ3v) is 2.67. The normalized spacial score (nSPS) is 10.9. The summed E-state index contributed by atoms with van der Waals surface area (Å²) in [5.74, 6) is 0.520. The molecule has 0 unspecified atom stereocenters. The predicted molar refractivity (Wildman–Crippen MR) is 70.8 cm³/mol. The van der Waals surface area contributed by atoms with E-state index < -0.39 is 0 Å². The lowest BCUT2D eigenvalue weighted by Crippen LogP contribution is -2.32. The zero-order valence-corrected chi connectivity index (χ0v) is 12.0. The van der Waals surface area contributed by atoms with E-state index in [1.54, 1.807) is 13.3 Å². The zero-order valence-electron chi connectivity index (χ0n) is 10.4. The molecule has 0 radical (unpaired) electrons. The SMILES string of the molecule is COCCN(CC(C)C)c1ncc(Br)cc1F. The van der Waals surface area contributed by atoms with Crippen molar-refractivity contribution in [1.29, 1.82) is 0 Å². The van der Waals surface area contributed by atoms with Gasteiger partial charge in [-0.1, -0.05) is 13.8 Å². The molecule has 0 saturated heterocycles. The molecule has 0 N–H and O–H groups in total. The van der Waals surface area contributed by atoms with E-state index in [1.807, 2.05) is 4.90 Å². The molecule has 1 aromatic rings. The molecule has 0 atom stereocenters. The van der Waals surface area contributed by atoms with Gasteiger partial charge in [0.05, 0.1) is 6.61 Å². The average molecular weight is 305 g/mol. The van der Waals surface area contributed by atoms with Gasteiger partial charge in [0.25, 0.3) is 0 Å². The molecule has 3 nitrogen and oxygen atoms in total. The predicted octanol–water partition coefficient (Wildman–Crippen LogP) is 3.09. The topological polar surface area (TPSA) is 25.4 Å². The van der Waals surface area contributed by atoms with Crippen molar-refractivity contribution in [2.24, 2.45) is 5.92 Å². The highest BCUT2D eigenvalue weighted by molar-refractivity contribution is 9.10. The van der Waals surface area contributed by atoms with Crippen molar-refractivity contribution in [3.05, 3.63) is 22.6 Å². The maximum Gasteiger partial charge on any atom is 0.166 e. The van der Waals surface area contributed by atoms with E-state index >= 15 is 0 Å². The second-order valence-electron chi connectivity index (χ2n) is 4.29. The first-order chi connectivity index (χ1) is 8.04. The quantitative estimate of drug-likeness (QED) is 0.807. The fourth-order valence-electron chi connectivity index (χ4n) is 1.57. The highest BCUT2D eigenvalue weighted by Gasteiger charge is 2.14. The van der Waals surface area contributed by atoms with Crippen LogP contribution in [0.4, 0.5) is 10.2 Å². The van der Waals surface area contributed by atoms with Gasteiger partial charge in [-0.25, -0.2) is 9.37 Å². The molecular formula is C12H18BrFN2O. The number of halogens is 2. The molecule has 0 bridgehead atoms. The number of methoxy groups -OCH3 is 1. The molecule has 0 saturated carbocycles. The van der Waals surface area contributed by atoms with Crippen molar-refractivity contribution in [1.82, 2.24) is 4.98 Å². The number of rotatable bonds is 6.